The van der Waals surface area contributed by atoms with Crippen molar-refractivity contribution in [3.63, 3.8) is 0 Å². The van der Waals surface area contributed by atoms with Crippen LogP contribution >= 0.6 is 0 Å². The van der Waals surface area contributed by atoms with Crippen LogP contribution in [0.1, 0.15) is 35.3 Å². The summed E-state index contributed by atoms with van der Waals surface area (Å²) >= 11 is 0. The first-order valence-electron chi connectivity index (χ1n) is 7.77. The first kappa shape index (κ1) is 17.5. The number of carbonyl (C=O) groups is 1. The van der Waals surface area contributed by atoms with Gasteiger partial charge in [-0.1, -0.05) is 11.6 Å². The van der Waals surface area contributed by atoms with Gasteiger partial charge in [-0.3, -0.25) is 4.79 Å². The largest absolute Gasteiger partial charge is 0.496 e. The summed E-state index contributed by atoms with van der Waals surface area (Å²) in [5, 5.41) is 4.19. The number of carbonyl (C=O) groups excluding carboxylic acids is 1. The van der Waals surface area contributed by atoms with Crippen LogP contribution in [0.2, 0.25) is 0 Å². The van der Waals surface area contributed by atoms with E-state index in [4.69, 9.17) is 9.47 Å². The molecule has 2 aromatic carbocycles. The van der Waals surface area contributed by atoms with Gasteiger partial charge in [0.25, 0.3) is 5.91 Å². The summed E-state index contributed by atoms with van der Waals surface area (Å²) in [7, 11) is 1.61. The number of ether oxygens (including phenoxy) is 2. The quantitative estimate of drug-likeness (QED) is 0.652. The zero-order valence-electron chi connectivity index (χ0n) is 14.4. The SMILES string of the molecule is CCOc1ccc(C(=O)N/N=C(/C)c2cc(C)ccc2OC)cc1. The number of methoxy groups -OCH3 is 1. The Labute approximate surface area is 142 Å². The molecule has 0 fully saturated rings. The Hall–Kier alpha value is -2.82. The molecule has 0 aliphatic rings. The van der Waals surface area contributed by atoms with Crippen molar-refractivity contribution in [3.05, 3.63) is 59.2 Å². The molecule has 2 aromatic rings. The van der Waals surface area contributed by atoms with Crippen LogP contribution in [0.3, 0.4) is 0 Å². The summed E-state index contributed by atoms with van der Waals surface area (Å²) < 4.78 is 10.7. The van der Waals surface area contributed by atoms with Crippen LogP contribution in [0.4, 0.5) is 0 Å². The van der Waals surface area contributed by atoms with Crippen LogP contribution in [-0.2, 0) is 0 Å². The smallest absolute Gasteiger partial charge is 0.271 e. The second-order valence-electron chi connectivity index (χ2n) is 5.30. The van der Waals surface area contributed by atoms with Gasteiger partial charge in [0.05, 0.1) is 19.4 Å². The molecule has 5 heteroatoms. The number of hydrogen-bond acceptors (Lipinski definition) is 4. The van der Waals surface area contributed by atoms with Gasteiger partial charge in [-0.25, -0.2) is 5.43 Å². The number of aryl methyl sites for hydroxylation is 1. The van der Waals surface area contributed by atoms with E-state index in [9.17, 15) is 4.79 Å². The number of rotatable bonds is 6. The Morgan fingerprint density at radius 1 is 1.17 bits per heavy atom. The lowest BCUT2D eigenvalue weighted by atomic mass is 10.1. The summed E-state index contributed by atoms with van der Waals surface area (Å²) in [4.78, 5) is 12.2. The Bertz CT molecular complexity index is 737. The molecular formula is C19H22N2O3. The van der Waals surface area contributed by atoms with E-state index in [1.54, 1.807) is 31.4 Å². The molecule has 1 amide bonds. The second-order valence-corrected chi connectivity index (χ2v) is 5.30. The molecule has 0 atom stereocenters. The van der Waals surface area contributed by atoms with Gasteiger partial charge in [0.1, 0.15) is 11.5 Å². The fourth-order valence-electron chi connectivity index (χ4n) is 2.23. The lowest BCUT2D eigenvalue weighted by Gasteiger charge is -2.09. The highest BCUT2D eigenvalue weighted by Crippen LogP contribution is 2.20. The van der Waals surface area contributed by atoms with Gasteiger partial charge in [0, 0.05) is 11.1 Å². The van der Waals surface area contributed by atoms with Gasteiger partial charge >= 0.3 is 0 Å². The molecule has 24 heavy (non-hydrogen) atoms. The van der Waals surface area contributed by atoms with Gasteiger partial charge in [-0.15, -0.1) is 0 Å². The van der Waals surface area contributed by atoms with Crippen molar-refractivity contribution < 1.29 is 14.3 Å². The van der Waals surface area contributed by atoms with Gasteiger partial charge in [-0.2, -0.15) is 5.10 Å². The fraction of sp³-hybridized carbons (Fsp3) is 0.263. The van der Waals surface area contributed by atoms with Gasteiger partial charge in [0.2, 0.25) is 0 Å². The Morgan fingerprint density at radius 3 is 2.50 bits per heavy atom. The van der Waals surface area contributed by atoms with Gasteiger partial charge in [0.15, 0.2) is 0 Å². The highest BCUT2D eigenvalue weighted by atomic mass is 16.5. The molecule has 0 spiro atoms. The Balaban J connectivity index is 2.11. The number of benzene rings is 2. The lowest BCUT2D eigenvalue weighted by Crippen LogP contribution is -2.19. The zero-order valence-corrected chi connectivity index (χ0v) is 14.4. The van der Waals surface area contributed by atoms with Gasteiger partial charge < -0.3 is 9.47 Å². The first-order valence-corrected chi connectivity index (χ1v) is 7.77. The number of hydrazone groups is 1. The number of amides is 1. The van der Waals surface area contributed by atoms with E-state index in [1.807, 2.05) is 39.0 Å². The summed E-state index contributed by atoms with van der Waals surface area (Å²) in [5.74, 6) is 1.18. The maximum Gasteiger partial charge on any atom is 0.271 e. The fourth-order valence-corrected chi connectivity index (χ4v) is 2.23. The molecule has 2 rings (SSSR count). The second kappa shape index (κ2) is 8.15. The molecule has 0 heterocycles. The molecule has 126 valence electrons. The molecule has 0 aromatic heterocycles. The van der Waals surface area contributed by atoms with Crippen molar-refractivity contribution in [1.82, 2.24) is 5.43 Å². The Kier molecular flexibility index (Phi) is 5.95. The first-order chi connectivity index (χ1) is 11.5. The normalized spacial score (nSPS) is 11.1. The third-order valence-electron chi connectivity index (χ3n) is 3.50. The third kappa shape index (κ3) is 4.35. The highest BCUT2D eigenvalue weighted by Gasteiger charge is 2.09. The summed E-state index contributed by atoms with van der Waals surface area (Å²) in [6.07, 6.45) is 0. The molecule has 0 bridgehead atoms. The average molecular weight is 326 g/mol. The van der Waals surface area contributed by atoms with Crippen LogP contribution in [0.25, 0.3) is 0 Å². The lowest BCUT2D eigenvalue weighted by molar-refractivity contribution is 0.0955. The standard InChI is InChI=1S/C19H22N2O3/c1-5-24-16-9-7-15(8-10-16)19(22)21-20-14(3)17-12-13(2)6-11-18(17)23-4/h6-12H,5H2,1-4H3,(H,21,22)/b20-14-. The summed E-state index contributed by atoms with van der Waals surface area (Å²) in [6.45, 7) is 6.33. The summed E-state index contributed by atoms with van der Waals surface area (Å²) in [6, 6.07) is 12.8. The molecule has 0 aliphatic heterocycles. The van der Waals surface area contributed by atoms with Crippen molar-refractivity contribution in [3.8, 4) is 11.5 Å². The van der Waals surface area contributed by atoms with E-state index in [2.05, 4.69) is 10.5 Å². The van der Waals surface area contributed by atoms with Crippen molar-refractivity contribution in [2.24, 2.45) is 5.10 Å². The molecule has 1 N–H and O–H groups in total. The van der Waals surface area contributed by atoms with Crippen LogP contribution in [0.15, 0.2) is 47.6 Å². The van der Waals surface area contributed by atoms with Crippen LogP contribution < -0.4 is 14.9 Å². The van der Waals surface area contributed by atoms with Crippen molar-refractivity contribution in [2.45, 2.75) is 20.8 Å². The van der Waals surface area contributed by atoms with Crippen LogP contribution in [-0.4, -0.2) is 25.3 Å². The monoisotopic (exact) mass is 326 g/mol. The van der Waals surface area contributed by atoms with E-state index < -0.39 is 0 Å². The maximum absolute atomic E-state index is 12.2. The highest BCUT2D eigenvalue weighted by molar-refractivity contribution is 6.02. The van der Waals surface area contributed by atoms with E-state index in [1.165, 1.54) is 0 Å². The average Bonchev–Trinajstić information content (AvgIpc) is 2.60. The maximum atomic E-state index is 12.2. The molecule has 0 saturated heterocycles. The Morgan fingerprint density at radius 2 is 1.88 bits per heavy atom. The zero-order chi connectivity index (χ0) is 17.5. The predicted octanol–water partition coefficient (Wildman–Crippen LogP) is 3.56. The molecular weight excluding hydrogens is 304 g/mol. The number of nitrogens with zero attached hydrogens (tertiary/aromatic N) is 1. The predicted molar refractivity (Wildman–Crippen MR) is 95.0 cm³/mol. The number of nitrogens with one attached hydrogen (secondary N) is 1. The van der Waals surface area contributed by atoms with E-state index in [-0.39, 0.29) is 5.91 Å². The molecule has 0 unspecified atom stereocenters. The molecule has 5 nitrogen and oxygen atoms in total. The molecule has 0 aliphatic carbocycles. The van der Waals surface area contributed by atoms with Crippen LogP contribution in [0, 0.1) is 6.92 Å². The van der Waals surface area contributed by atoms with Crippen molar-refractivity contribution in [1.29, 1.82) is 0 Å². The minimum Gasteiger partial charge on any atom is -0.496 e. The number of hydrogen-bond donors (Lipinski definition) is 1. The van der Waals surface area contributed by atoms with Crippen molar-refractivity contribution in [2.75, 3.05) is 13.7 Å². The topological polar surface area (TPSA) is 59.9 Å². The van der Waals surface area contributed by atoms with Gasteiger partial charge in [-0.05, 0) is 57.2 Å². The summed E-state index contributed by atoms with van der Waals surface area (Å²) in [5.41, 5.74) is 5.71. The van der Waals surface area contributed by atoms with E-state index in [0.717, 1.165) is 22.6 Å². The van der Waals surface area contributed by atoms with E-state index in [0.29, 0.717) is 17.9 Å². The van der Waals surface area contributed by atoms with Crippen LogP contribution in [0.5, 0.6) is 11.5 Å². The molecule has 0 saturated carbocycles. The molecule has 0 radical (unpaired) electrons. The minimum absolute atomic E-state index is 0.274. The minimum atomic E-state index is -0.274. The third-order valence-corrected chi connectivity index (χ3v) is 3.50. The van der Waals surface area contributed by atoms with E-state index >= 15 is 0 Å². The van der Waals surface area contributed by atoms with Crippen molar-refractivity contribution >= 4 is 11.6 Å².